The third kappa shape index (κ3) is 29.3. The number of ether oxygens (including phenoxy) is 1. The summed E-state index contributed by atoms with van der Waals surface area (Å²) in [4.78, 5) is 0. The molecule has 1 unspecified atom stereocenters. The van der Waals surface area contributed by atoms with Gasteiger partial charge in [0.25, 0.3) is 0 Å². The van der Waals surface area contributed by atoms with Gasteiger partial charge in [-0.3, -0.25) is 0 Å². The molecule has 0 aromatic rings. The molecular weight excluding hydrogens is 257 g/mol. The van der Waals surface area contributed by atoms with Crippen LogP contribution in [0.5, 0.6) is 0 Å². The molecule has 0 saturated carbocycles. The van der Waals surface area contributed by atoms with Gasteiger partial charge in [-0.1, -0.05) is 27.2 Å². The number of hydrogen-bond acceptors (Lipinski definition) is 3. The van der Waals surface area contributed by atoms with Crippen LogP contribution in [-0.2, 0) is 37.4 Å². The maximum absolute atomic E-state index is 8.58. The van der Waals surface area contributed by atoms with Crippen molar-refractivity contribution in [1.82, 2.24) is 0 Å². The third-order valence-electron chi connectivity index (χ3n) is 1.18. The van der Waals surface area contributed by atoms with Crippen molar-refractivity contribution in [3.63, 3.8) is 0 Å². The van der Waals surface area contributed by atoms with Crippen LogP contribution in [0.4, 0.5) is 0 Å². The predicted molar refractivity (Wildman–Crippen MR) is 54.5 cm³/mol. The van der Waals surface area contributed by atoms with Crippen LogP contribution in [0, 0.1) is 5.92 Å². The molecule has 14 heavy (non-hydrogen) atoms. The van der Waals surface area contributed by atoms with Gasteiger partial charge in [0.15, 0.2) is 6.29 Å². The van der Waals surface area contributed by atoms with E-state index in [-0.39, 0.29) is 32.7 Å². The second-order valence-corrected chi connectivity index (χ2v) is 3.40. The first kappa shape index (κ1) is 20.4. The normalized spacial score (nSPS) is 11.4. The summed E-state index contributed by atoms with van der Waals surface area (Å²) in [7, 11) is 0. The van der Waals surface area contributed by atoms with Crippen LogP contribution < -0.4 is 0 Å². The van der Waals surface area contributed by atoms with Crippen LogP contribution in [0.15, 0.2) is 0 Å². The molecule has 0 aromatic carbocycles. The monoisotopic (exact) mass is 281 g/mol. The second kappa shape index (κ2) is 16.4. The fourth-order valence-electron chi connectivity index (χ4n) is 0.490. The molecule has 0 heterocycles. The average Bonchev–Trinajstić information content (AvgIpc) is 2.03. The fraction of sp³-hybridized carbons (Fsp3) is 1.00. The molecule has 4 heteroatoms. The summed E-state index contributed by atoms with van der Waals surface area (Å²) in [5.74, 6) is 0.504. The van der Waals surface area contributed by atoms with E-state index in [0.717, 1.165) is 12.8 Å². The van der Waals surface area contributed by atoms with Gasteiger partial charge in [0.2, 0.25) is 0 Å². The summed E-state index contributed by atoms with van der Waals surface area (Å²) in [6, 6.07) is 0. The smallest absolute Gasteiger partial charge is 0.151 e. The molecule has 0 aliphatic carbocycles. The number of hydrogen-bond donors (Lipinski definition) is 2. The van der Waals surface area contributed by atoms with Gasteiger partial charge in [0.05, 0.1) is 6.61 Å². The van der Waals surface area contributed by atoms with Gasteiger partial charge in [0.1, 0.15) is 0 Å². The van der Waals surface area contributed by atoms with Gasteiger partial charge in [-0.25, -0.2) is 0 Å². The first-order valence-corrected chi connectivity index (χ1v) is 4.95. The molecule has 0 amide bonds. The molecule has 0 aromatic heterocycles. The quantitative estimate of drug-likeness (QED) is 0.755. The maximum atomic E-state index is 8.58. The SMILES string of the molecule is CC(C)COC(C)O.CCCCO.[Y]. The minimum absolute atomic E-state index is 0. The maximum Gasteiger partial charge on any atom is 0.151 e. The third-order valence-corrected chi connectivity index (χ3v) is 1.18. The Balaban J connectivity index is -0.000000177. The number of rotatable bonds is 5. The summed E-state index contributed by atoms with van der Waals surface area (Å²) < 4.78 is 4.86. The van der Waals surface area contributed by atoms with Gasteiger partial charge in [0, 0.05) is 39.3 Å². The molecule has 3 nitrogen and oxygen atoms in total. The van der Waals surface area contributed by atoms with Crippen molar-refractivity contribution < 1.29 is 47.7 Å². The van der Waals surface area contributed by atoms with Gasteiger partial charge in [-0.05, 0) is 19.3 Å². The van der Waals surface area contributed by atoms with E-state index in [4.69, 9.17) is 14.9 Å². The molecule has 0 aliphatic heterocycles. The molecule has 0 bridgehead atoms. The Bertz CT molecular complexity index is 77.4. The Labute approximate surface area is 113 Å². The standard InChI is InChI=1S/C6H14O2.C4H10O.Y/c1-5(2)4-8-6(3)7;1-2-3-4-5;/h5-7H,4H2,1-3H3;5H,2-4H2,1H3;. The summed E-state index contributed by atoms with van der Waals surface area (Å²) >= 11 is 0. The van der Waals surface area contributed by atoms with Gasteiger partial charge in [-0.15, -0.1) is 0 Å². The van der Waals surface area contributed by atoms with E-state index < -0.39 is 6.29 Å². The van der Waals surface area contributed by atoms with Crippen LogP contribution in [0.1, 0.15) is 40.5 Å². The van der Waals surface area contributed by atoms with Crippen LogP contribution in [-0.4, -0.2) is 29.7 Å². The molecule has 0 aliphatic rings. The topological polar surface area (TPSA) is 49.7 Å². The predicted octanol–water partition coefficient (Wildman–Crippen LogP) is 1.77. The zero-order valence-electron chi connectivity index (χ0n) is 9.86. The van der Waals surface area contributed by atoms with Crippen LogP contribution in [0.25, 0.3) is 0 Å². The Kier molecular flexibility index (Phi) is 23.9. The minimum atomic E-state index is -0.614. The van der Waals surface area contributed by atoms with Gasteiger partial charge in [-0.2, -0.15) is 0 Å². The van der Waals surface area contributed by atoms with E-state index in [0.29, 0.717) is 19.1 Å². The Hall–Kier alpha value is 0.984. The van der Waals surface area contributed by atoms with Crippen LogP contribution in [0.2, 0.25) is 0 Å². The van der Waals surface area contributed by atoms with Crippen molar-refractivity contribution in [3.8, 4) is 0 Å². The summed E-state index contributed by atoms with van der Waals surface area (Å²) in [5.41, 5.74) is 0. The number of aliphatic hydroxyl groups excluding tert-OH is 2. The fourth-order valence-corrected chi connectivity index (χ4v) is 0.490. The molecule has 0 fully saturated rings. The Morgan fingerprint density at radius 2 is 1.71 bits per heavy atom. The molecule has 1 radical (unpaired) electrons. The number of aliphatic hydroxyl groups is 2. The van der Waals surface area contributed by atoms with E-state index in [1.165, 1.54) is 0 Å². The van der Waals surface area contributed by atoms with Crippen molar-refractivity contribution in [1.29, 1.82) is 0 Å². The van der Waals surface area contributed by atoms with E-state index in [1.807, 2.05) is 13.8 Å². The van der Waals surface area contributed by atoms with Gasteiger partial charge < -0.3 is 14.9 Å². The molecule has 1 atom stereocenters. The van der Waals surface area contributed by atoms with E-state index in [2.05, 4.69) is 6.92 Å². The molecule has 0 rings (SSSR count). The molecule has 0 saturated heterocycles. The molecular formula is C10H24O3Y. The Morgan fingerprint density at radius 1 is 1.21 bits per heavy atom. The first-order chi connectivity index (χ1) is 6.04. The zero-order chi connectivity index (χ0) is 10.7. The van der Waals surface area contributed by atoms with Crippen LogP contribution >= 0.6 is 0 Å². The van der Waals surface area contributed by atoms with Crippen molar-refractivity contribution in [3.05, 3.63) is 0 Å². The van der Waals surface area contributed by atoms with Crippen molar-refractivity contribution in [2.75, 3.05) is 13.2 Å². The average molecular weight is 281 g/mol. The van der Waals surface area contributed by atoms with Crippen molar-refractivity contribution in [2.24, 2.45) is 5.92 Å². The largest absolute Gasteiger partial charge is 0.396 e. The van der Waals surface area contributed by atoms with E-state index >= 15 is 0 Å². The van der Waals surface area contributed by atoms with Gasteiger partial charge >= 0.3 is 0 Å². The van der Waals surface area contributed by atoms with Crippen LogP contribution in [0.3, 0.4) is 0 Å². The van der Waals surface area contributed by atoms with Crippen molar-refractivity contribution in [2.45, 2.75) is 46.8 Å². The first-order valence-electron chi connectivity index (χ1n) is 4.95. The summed E-state index contributed by atoms with van der Waals surface area (Å²) in [6.45, 7) is 8.73. The molecule has 0 spiro atoms. The molecule has 85 valence electrons. The van der Waals surface area contributed by atoms with E-state index in [1.54, 1.807) is 6.92 Å². The minimum Gasteiger partial charge on any atom is -0.396 e. The van der Waals surface area contributed by atoms with Crippen molar-refractivity contribution >= 4 is 0 Å². The summed E-state index contributed by atoms with van der Waals surface area (Å²) in [6.07, 6.45) is 1.42. The second-order valence-electron chi connectivity index (χ2n) is 3.40. The molecule has 2 N–H and O–H groups in total. The Morgan fingerprint density at radius 3 is 1.79 bits per heavy atom. The number of unbranched alkanes of at least 4 members (excludes halogenated alkanes) is 1. The van der Waals surface area contributed by atoms with E-state index in [9.17, 15) is 0 Å². The summed E-state index contributed by atoms with van der Waals surface area (Å²) in [5, 5.41) is 16.6. The zero-order valence-corrected chi connectivity index (χ0v) is 12.7.